The quantitative estimate of drug-likeness (QED) is 0.282. The predicted molar refractivity (Wildman–Crippen MR) is 170 cm³/mol. The first-order chi connectivity index (χ1) is 20.9. The molecule has 4 rings (SSSR count). The van der Waals surface area contributed by atoms with E-state index in [1.165, 1.54) is 6.07 Å². The molecule has 0 fully saturated rings. The molecule has 44 heavy (non-hydrogen) atoms. The third-order valence-corrected chi connectivity index (χ3v) is 7.37. The molecule has 8 nitrogen and oxygen atoms in total. The zero-order valence-electron chi connectivity index (χ0n) is 26.2. The monoisotopic (exact) mass is 625 g/mol. The van der Waals surface area contributed by atoms with E-state index >= 15 is 0 Å². The first-order valence-electron chi connectivity index (χ1n) is 14.6. The number of para-hydroxylation sites is 1. The molecule has 1 aliphatic heterocycles. The van der Waals surface area contributed by atoms with Gasteiger partial charge in [-0.15, -0.1) is 0 Å². The van der Waals surface area contributed by atoms with E-state index in [4.69, 9.17) is 25.8 Å². The number of likely N-dealkylation sites (N-methyl/N-ethyl adjacent to an activating group) is 1. The van der Waals surface area contributed by atoms with Gasteiger partial charge in [0.25, 0.3) is 5.91 Å². The molecule has 2 amide bonds. The molecule has 0 saturated carbocycles. The number of nitrogens with zero attached hydrogens (tertiary/aromatic N) is 2. The van der Waals surface area contributed by atoms with Gasteiger partial charge in [-0.1, -0.05) is 62.7 Å². The van der Waals surface area contributed by atoms with Crippen molar-refractivity contribution in [3.63, 3.8) is 0 Å². The minimum Gasteiger partial charge on any atom is -0.492 e. The summed E-state index contributed by atoms with van der Waals surface area (Å²) in [7, 11) is 5.48. The fraction of sp³-hybridized carbons (Fsp3) is 0.412. The second-order valence-corrected chi connectivity index (χ2v) is 12.7. The topological polar surface area (TPSA) is 80.3 Å². The molecule has 1 N–H and O–H groups in total. The summed E-state index contributed by atoms with van der Waals surface area (Å²) >= 11 is 6.52. The van der Waals surface area contributed by atoms with Crippen LogP contribution in [0, 0.1) is 11.2 Å². The van der Waals surface area contributed by atoms with Gasteiger partial charge in [-0.05, 0) is 49.8 Å². The molecule has 1 aliphatic rings. The van der Waals surface area contributed by atoms with Gasteiger partial charge in [0.15, 0.2) is 11.5 Å². The van der Waals surface area contributed by atoms with Crippen LogP contribution in [0.1, 0.15) is 50.0 Å². The number of hydrogen-bond acceptors (Lipinski definition) is 6. The SMILES string of the molecule is COc1c(OCCN(C)C)cccc1[C@H]1O[C@H](CC(=O)NCc2ccccc2F)C(=O)N(CC(C)(C)C)c2ccc(Cl)cc21. The first kappa shape index (κ1) is 33.2. The summed E-state index contributed by atoms with van der Waals surface area (Å²) in [6.45, 7) is 7.59. The molecule has 0 spiro atoms. The Kier molecular flexibility index (Phi) is 10.9. The molecule has 0 saturated heterocycles. The Morgan fingerprint density at radius 1 is 1.09 bits per heavy atom. The van der Waals surface area contributed by atoms with E-state index in [0.29, 0.717) is 58.6 Å². The summed E-state index contributed by atoms with van der Waals surface area (Å²) < 4.78 is 32.7. The third kappa shape index (κ3) is 8.28. The number of anilines is 1. The van der Waals surface area contributed by atoms with E-state index in [0.717, 1.165) is 0 Å². The maximum atomic E-state index is 14.2. The highest BCUT2D eigenvalue weighted by Crippen LogP contribution is 2.45. The average molecular weight is 626 g/mol. The molecule has 236 valence electrons. The summed E-state index contributed by atoms with van der Waals surface area (Å²) in [4.78, 5) is 31.1. The minimum atomic E-state index is -1.16. The van der Waals surface area contributed by atoms with Crippen LogP contribution >= 0.6 is 11.6 Å². The van der Waals surface area contributed by atoms with Gasteiger partial charge in [-0.2, -0.15) is 0 Å². The van der Waals surface area contributed by atoms with Gasteiger partial charge in [0, 0.05) is 47.0 Å². The zero-order valence-corrected chi connectivity index (χ0v) is 26.9. The molecule has 0 bridgehead atoms. The number of halogens is 2. The Morgan fingerprint density at radius 2 is 1.84 bits per heavy atom. The van der Waals surface area contributed by atoms with Crippen molar-refractivity contribution in [3.05, 3.63) is 88.2 Å². The molecule has 3 aromatic carbocycles. The maximum absolute atomic E-state index is 14.2. The van der Waals surface area contributed by atoms with E-state index < -0.39 is 23.9 Å². The lowest BCUT2D eigenvalue weighted by atomic mass is 9.94. The normalized spacial score (nSPS) is 16.8. The van der Waals surface area contributed by atoms with Gasteiger partial charge < -0.3 is 29.3 Å². The minimum absolute atomic E-state index is 0.0163. The van der Waals surface area contributed by atoms with Crippen molar-refractivity contribution in [1.29, 1.82) is 0 Å². The number of methoxy groups -OCH3 is 1. The Hall–Kier alpha value is -3.66. The number of amides is 2. The second-order valence-electron chi connectivity index (χ2n) is 12.3. The van der Waals surface area contributed by atoms with Crippen LogP contribution in [0.2, 0.25) is 5.02 Å². The molecule has 1 heterocycles. The van der Waals surface area contributed by atoms with Crippen LogP contribution < -0.4 is 19.7 Å². The maximum Gasteiger partial charge on any atom is 0.256 e. The summed E-state index contributed by atoms with van der Waals surface area (Å²) in [5.41, 5.74) is 1.99. The molecule has 0 aromatic heterocycles. The molecule has 3 aromatic rings. The van der Waals surface area contributed by atoms with Crippen molar-refractivity contribution < 1.29 is 28.2 Å². The second kappa shape index (κ2) is 14.4. The Bertz CT molecular complexity index is 1480. The van der Waals surface area contributed by atoms with Gasteiger partial charge in [0.1, 0.15) is 24.6 Å². The van der Waals surface area contributed by atoms with Crippen LogP contribution in [0.5, 0.6) is 11.5 Å². The van der Waals surface area contributed by atoms with Gasteiger partial charge >= 0.3 is 0 Å². The van der Waals surface area contributed by atoms with E-state index in [-0.39, 0.29) is 24.3 Å². The van der Waals surface area contributed by atoms with Gasteiger partial charge in [-0.25, -0.2) is 4.39 Å². The first-order valence-corrected chi connectivity index (χ1v) is 15.0. The number of hydrogen-bond donors (Lipinski definition) is 1. The summed E-state index contributed by atoms with van der Waals surface area (Å²) in [5, 5.41) is 3.21. The van der Waals surface area contributed by atoms with Crippen LogP contribution in [0.15, 0.2) is 60.7 Å². The van der Waals surface area contributed by atoms with Crippen molar-refractivity contribution in [3.8, 4) is 11.5 Å². The van der Waals surface area contributed by atoms with E-state index in [9.17, 15) is 14.0 Å². The van der Waals surface area contributed by atoms with E-state index in [1.807, 2.05) is 64.0 Å². The summed E-state index contributed by atoms with van der Waals surface area (Å²) in [5.74, 6) is -0.234. The molecular weight excluding hydrogens is 585 g/mol. The van der Waals surface area contributed by atoms with Crippen LogP contribution in [-0.2, 0) is 20.9 Å². The molecule has 2 atom stereocenters. The summed E-state index contributed by atoms with van der Waals surface area (Å²) in [6, 6.07) is 17.1. The molecule has 0 unspecified atom stereocenters. The van der Waals surface area contributed by atoms with Crippen LogP contribution in [0.4, 0.5) is 10.1 Å². The molecule has 10 heteroatoms. The third-order valence-electron chi connectivity index (χ3n) is 7.13. The smallest absolute Gasteiger partial charge is 0.256 e. The highest BCUT2D eigenvalue weighted by molar-refractivity contribution is 6.30. The lowest BCUT2D eigenvalue weighted by Crippen LogP contribution is -2.45. The van der Waals surface area contributed by atoms with Gasteiger partial charge in [0.05, 0.1) is 13.5 Å². The van der Waals surface area contributed by atoms with Crippen molar-refractivity contribution >= 4 is 29.1 Å². The fourth-order valence-electron chi connectivity index (χ4n) is 5.07. The number of ether oxygens (including phenoxy) is 3. The average Bonchev–Trinajstić information content (AvgIpc) is 3.06. The van der Waals surface area contributed by atoms with Crippen LogP contribution in [0.3, 0.4) is 0 Å². The van der Waals surface area contributed by atoms with Crippen LogP contribution in [-0.4, -0.2) is 63.7 Å². The highest BCUT2D eigenvalue weighted by Gasteiger charge is 2.40. The number of carbonyl (C=O) groups excluding carboxylic acids is 2. The van der Waals surface area contributed by atoms with Crippen molar-refractivity contribution in [2.75, 3.05) is 45.8 Å². The fourth-order valence-corrected chi connectivity index (χ4v) is 5.25. The van der Waals surface area contributed by atoms with E-state index in [1.54, 1.807) is 42.3 Å². The summed E-state index contributed by atoms with van der Waals surface area (Å²) in [6.07, 6.45) is -2.25. The Labute approximate surface area is 264 Å². The van der Waals surface area contributed by atoms with Gasteiger partial charge in [0.2, 0.25) is 5.91 Å². The molecular formula is C34H41ClFN3O5. The molecule has 0 aliphatic carbocycles. The van der Waals surface area contributed by atoms with Crippen molar-refractivity contribution in [2.45, 2.75) is 45.9 Å². The number of fused-ring (bicyclic) bond motifs is 1. The van der Waals surface area contributed by atoms with Gasteiger partial charge in [-0.3, -0.25) is 9.59 Å². The lowest BCUT2D eigenvalue weighted by molar-refractivity contribution is -0.138. The Balaban J connectivity index is 1.75. The highest BCUT2D eigenvalue weighted by atomic mass is 35.5. The predicted octanol–water partition coefficient (Wildman–Crippen LogP) is 6.00. The van der Waals surface area contributed by atoms with Crippen LogP contribution in [0.25, 0.3) is 0 Å². The molecule has 0 radical (unpaired) electrons. The largest absolute Gasteiger partial charge is 0.492 e. The number of nitrogens with one attached hydrogen (secondary N) is 1. The number of benzene rings is 3. The van der Waals surface area contributed by atoms with Crippen molar-refractivity contribution in [1.82, 2.24) is 10.2 Å². The standard InChI is InChI=1S/C34H41ClFN3O5/c1-34(2,3)21-39-27-15-14-23(35)18-25(27)31(24-11-9-13-28(32(24)42-6)43-17-16-38(4)5)44-29(33(39)41)19-30(40)37-20-22-10-7-8-12-26(22)36/h7-15,18,29,31H,16-17,19-21H2,1-6H3,(H,37,40)/t29-,31-/m1/s1. The number of rotatable bonds is 11. The van der Waals surface area contributed by atoms with E-state index in [2.05, 4.69) is 5.32 Å². The number of carbonyl (C=O) groups is 2. The lowest BCUT2D eigenvalue weighted by Gasteiger charge is -2.31. The van der Waals surface area contributed by atoms with Crippen molar-refractivity contribution in [2.24, 2.45) is 5.41 Å². The Morgan fingerprint density at radius 3 is 2.52 bits per heavy atom. The zero-order chi connectivity index (χ0) is 32.0.